The van der Waals surface area contributed by atoms with Gasteiger partial charge < -0.3 is 10.3 Å². The fourth-order valence-corrected chi connectivity index (χ4v) is 4.34. The zero-order valence-electron chi connectivity index (χ0n) is 16.8. The highest BCUT2D eigenvalue weighted by Crippen LogP contribution is 2.33. The van der Waals surface area contributed by atoms with Crippen molar-refractivity contribution in [3.8, 4) is 0 Å². The van der Waals surface area contributed by atoms with Gasteiger partial charge in [-0.3, -0.25) is 4.79 Å². The number of aryl methyl sites for hydroxylation is 1. The monoisotopic (exact) mass is 437 g/mol. The van der Waals surface area contributed by atoms with Gasteiger partial charge in [0.05, 0.1) is 21.1 Å². The number of hydrogen-bond donors (Lipinski definition) is 1. The molecule has 0 saturated carbocycles. The molecule has 0 unspecified atom stereocenters. The molecule has 2 N–H and O–H groups in total. The number of aromatic nitrogens is 1. The van der Waals surface area contributed by atoms with Gasteiger partial charge in [0.15, 0.2) is 0 Å². The van der Waals surface area contributed by atoms with Crippen LogP contribution >= 0.6 is 23.2 Å². The van der Waals surface area contributed by atoms with E-state index in [2.05, 4.69) is 23.6 Å². The smallest absolute Gasteiger partial charge is 0.249 e. The van der Waals surface area contributed by atoms with E-state index in [9.17, 15) is 4.79 Å². The van der Waals surface area contributed by atoms with Crippen molar-refractivity contribution < 1.29 is 4.79 Å². The summed E-state index contributed by atoms with van der Waals surface area (Å²) in [6.07, 6.45) is 4.55. The van der Waals surface area contributed by atoms with E-state index in [1.807, 2.05) is 36.4 Å². The summed E-state index contributed by atoms with van der Waals surface area (Å²) >= 11 is 12.3. The van der Waals surface area contributed by atoms with Crippen LogP contribution in [0.3, 0.4) is 0 Å². The number of nitrogens with zero attached hydrogens (tertiary/aromatic N) is 1. The number of primary amides is 1. The number of hydrogen-bond acceptors (Lipinski definition) is 1. The van der Waals surface area contributed by atoms with Crippen molar-refractivity contribution in [2.45, 2.75) is 39.2 Å². The molecular weight excluding hydrogens is 415 g/mol. The maximum absolute atomic E-state index is 12.1. The Morgan fingerprint density at radius 2 is 1.87 bits per heavy atom. The van der Waals surface area contributed by atoms with E-state index in [4.69, 9.17) is 28.9 Å². The van der Waals surface area contributed by atoms with Crippen LogP contribution in [-0.4, -0.2) is 10.5 Å². The van der Waals surface area contributed by atoms with Gasteiger partial charge in [0.2, 0.25) is 5.91 Å². The van der Waals surface area contributed by atoms with Crippen LogP contribution in [0.1, 0.15) is 47.7 Å². The summed E-state index contributed by atoms with van der Waals surface area (Å²) in [4.78, 5) is 12.1. The van der Waals surface area contributed by atoms with Gasteiger partial charge in [-0.1, -0.05) is 61.2 Å². The minimum Gasteiger partial charge on any atom is -0.366 e. The van der Waals surface area contributed by atoms with Gasteiger partial charge in [-0.05, 0) is 60.4 Å². The Morgan fingerprint density at radius 3 is 2.60 bits per heavy atom. The Morgan fingerprint density at radius 1 is 1.03 bits per heavy atom. The minimum atomic E-state index is -0.436. The number of carbonyl (C=O) groups excluding carboxylic acids is 1. The van der Waals surface area contributed by atoms with Crippen molar-refractivity contribution in [2.75, 3.05) is 0 Å². The van der Waals surface area contributed by atoms with Crippen molar-refractivity contribution in [3.63, 3.8) is 0 Å². The van der Waals surface area contributed by atoms with Crippen molar-refractivity contribution >= 4 is 50.9 Å². The summed E-state index contributed by atoms with van der Waals surface area (Å²) in [5.41, 5.74) is 10.5. The molecule has 0 saturated heterocycles. The molecule has 0 fully saturated rings. The molecule has 4 aromatic rings. The third kappa shape index (κ3) is 3.92. The van der Waals surface area contributed by atoms with E-state index in [0.717, 1.165) is 40.2 Å². The topological polar surface area (TPSA) is 48.0 Å². The predicted molar refractivity (Wildman–Crippen MR) is 126 cm³/mol. The molecule has 0 aliphatic heterocycles. The molecular formula is C25H23Cl2N2O. The van der Waals surface area contributed by atoms with Gasteiger partial charge in [0.1, 0.15) is 0 Å². The lowest BCUT2D eigenvalue weighted by Gasteiger charge is -2.10. The third-order valence-corrected chi connectivity index (χ3v) is 6.25. The maximum Gasteiger partial charge on any atom is 0.249 e. The maximum atomic E-state index is 12.1. The van der Waals surface area contributed by atoms with Gasteiger partial charge >= 0.3 is 0 Å². The zero-order valence-corrected chi connectivity index (χ0v) is 18.4. The molecule has 0 aliphatic rings. The van der Waals surface area contributed by atoms with Crippen LogP contribution in [0, 0.1) is 6.07 Å². The molecule has 3 nitrogen and oxygen atoms in total. The van der Waals surface area contributed by atoms with E-state index in [-0.39, 0.29) is 0 Å². The molecule has 1 amide bonds. The van der Waals surface area contributed by atoms with Crippen molar-refractivity contribution in [1.82, 2.24) is 4.57 Å². The van der Waals surface area contributed by atoms with Crippen LogP contribution in [0.2, 0.25) is 10.0 Å². The molecule has 1 heterocycles. The molecule has 0 bridgehead atoms. The fourth-order valence-electron chi connectivity index (χ4n) is 4.02. The second-order valence-electron chi connectivity index (χ2n) is 7.62. The highest BCUT2D eigenvalue weighted by Gasteiger charge is 2.17. The molecule has 0 spiro atoms. The highest BCUT2D eigenvalue weighted by atomic mass is 35.5. The van der Waals surface area contributed by atoms with Gasteiger partial charge in [-0.2, -0.15) is 0 Å². The Kier molecular flexibility index (Phi) is 6.03. The minimum absolute atomic E-state index is 0.436. The lowest BCUT2D eigenvalue weighted by Crippen LogP contribution is -2.11. The number of unbranched alkanes of at least 4 members (excludes halogenated alkanes) is 2. The quantitative estimate of drug-likeness (QED) is 0.318. The number of benzene rings is 3. The highest BCUT2D eigenvalue weighted by molar-refractivity contribution is 6.42. The molecule has 0 aliphatic carbocycles. The molecule has 4 rings (SSSR count). The number of amides is 1. The zero-order chi connectivity index (χ0) is 21.3. The fraction of sp³-hybridized carbons (Fsp3) is 0.240. The first-order valence-corrected chi connectivity index (χ1v) is 10.9. The lowest BCUT2D eigenvalue weighted by atomic mass is 10.0. The van der Waals surface area contributed by atoms with Crippen molar-refractivity contribution in [1.29, 1.82) is 0 Å². The molecule has 0 atom stereocenters. The Balaban J connectivity index is 1.91. The second-order valence-corrected chi connectivity index (χ2v) is 8.44. The molecule has 1 radical (unpaired) electrons. The Bertz CT molecular complexity index is 1240. The Labute approximate surface area is 186 Å². The SMILES string of the molecule is CCCCCc1c[c]c2c3c(C(N)=O)cccc3n(Cc3ccc(Cl)c(Cl)c3)c2c1. The first-order valence-electron chi connectivity index (χ1n) is 10.2. The van der Waals surface area contributed by atoms with E-state index < -0.39 is 5.91 Å². The average Bonchev–Trinajstić information content (AvgIpc) is 3.04. The number of nitrogens with two attached hydrogens (primary N) is 1. The summed E-state index contributed by atoms with van der Waals surface area (Å²) in [5, 5.41) is 2.82. The number of fused-ring (bicyclic) bond motifs is 3. The average molecular weight is 438 g/mol. The van der Waals surface area contributed by atoms with Crippen LogP contribution in [0.5, 0.6) is 0 Å². The van der Waals surface area contributed by atoms with E-state index in [0.29, 0.717) is 22.2 Å². The summed E-state index contributed by atoms with van der Waals surface area (Å²) in [5.74, 6) is -0.436. The van der Waals surface area contributed by atoms with Crippen molar-refractivity contribution in [3.05, 3.63) is 81.3 Å². The van der Waals surface area contributed by atoms with Crippen LogP contribution in [0.4, 0.5) is 0 Å². The molecule has 30 heavy (non-hydrogen) atoms. The second kappa shape index (κ2) is 8.71. The summed E-state index contributed by atoms with van der Waals surface area (Å²) < 4.78 is 2.20. The number of halogens is 2. The van der Waals surface area contributed by atoms with Crippen LogP contribution in [-0.2, 0) is 13.0 Å². The van der Waals surface area contributed by atoms with E-state index in [1.54, 1.807) is 6.07 Å². The lowest BCUT2D eigenvalue weighted by molar-refractivity contribution is 0.100. The van der Waals surface area contributed by atoms with Gasteiger partial charge in [0, 0.05) is 22.9 Å². The van der Waals surface area contributed by atoms with Crippen LogP contribution in [0.25, 0.3) is 21.8 Å². The van der Waals surface area contributed by atoms with Crippen LogP contribution < -0.4 is 5.73 Å². The normalized spacial score (nSPS) is 11.4. The third-order valence-electron chi connectivity index (χ3n) is 5.51. The Hall–Kier alpha value is -2.49. The number of carbonyl (C=O) groups is 1. The predicted octanol–water partition coefficient (Wildman–Crippen LogP) is 6.78. The molecule has 1 aromatic heterocycles. The standard InChI is InChI=1S/C25H23Cl2N2O/c1-2-3-4-6-16-9-11-18-23(14-16)29(15-17-10-12-20(26)21(27)13-17)22-8-5-7-19(24(18)22)25(28)30/h5,7-10,12-14H,2-4,6,15H2,1H3,(H2,28,30). The van der Waals surface area contributed by atoms with E-state index in [1.165, 1.54) is 18.4 Å². The molecule has 153 valence electrons. The van der Waals surface area contributed by atoms with Crippen LogP contribution in [0.15, 0.2) is 48.5 Å². The first-order chi connectivity index (χ1) is 14.5. The van der Waals surface area contributed by atoms with E-state index >= 15 is 0 Å². The van der Waals surface area contributed by atoms with Gasteiger partial charge in [-0.25, -0.2) is 0 Å². The molecule has 5 heteroatoms. The number of rotatable bonds is 7. The summed E-state index contributed by atoms with van der Waals surface area (Å²) in [7, 11) is 0. The van der Waals surface area contributed by atoms with Crippen molar-refractivity contribution in [2.24, 2.45) is 5.73 Å². The largest absolute Gasteiger partial charge is 0.366 e. The summed E-state index contributed by atoms with van der Waals surface area (Å²) in [6.45, 7) is 2.81. The first kappa shape index (κ1) is 20.8. The van der Waals surface area contributed by atoms with Gasteiger partial charge in [-0.15, -0.1) is 0 Å². The molecule has 3 aromatic carbocycles. The summed E-state index contributed by atoms with van der Waals surface area (Å²) in [6, 6.07) is 19.0. The van der Waals surface area contributed by atoms with Gasteiger partial charge in [0.25, 0.3) is 0 Å².